The molecule has 0 spiro atoms. The summed E-state index contributed by atoms with van der Waals surface area (Å²) in [6.07, 6.45) is 2.47. The van der Waals surface area contributed by atoms with Crippen molar-refractivity contribution in [1.82, 2.24) is 4.57 Å². The standard InChI is InChI=1S/C20H24N2O3S/c1-12-16(20(2,3)4)26-19(22(12)11-13-5-6-13)21-17(23)14-7-9-15(10-8-14)18(24)25/h7-10,13H,5-6,11H2,1-4H3,(H,24,25)/b21-19-. The Balaban J connectivity index is 2.00. The van der Waals surface area contributed by atoms with Gasteiger partial charge in [-0.3, -0.25) is 4.79 Å². The molecule has 6 heteroatoms. The topological polar surface area (TPSA) is 71.7 Å². The van der Waals surface area contributed by atoms with Gasteiger partial charge in [0, 0.05) is 22.7 Å². The van der Waals surface area contributed by atoms with Crippen LogP contribution >= 0.6 is 11.3 Å². The van der Waals surface area contributed by atoms with E-state index in [1.807, 2.05) is 0 Å². The van der Waals surface area contributed by atoms with Gasteiger partial charge in [-0.15, -0.1) is 11.3 Å². The molecule has 0 atom stereocenters. The van der Waals surface area contributed by atoms with Gasteiger partial charge in [0.1, 0.15) is 0 Å². The minimum absolute atomic E-state index is 0.00000437. The van der Waals surface area contributed by atoms with E-state index in [9.17, 15) is 9.59 Å². The third-order valence-electron chi connectivity index (χ3n) is 4.55. The van der Waals surface area contributed by atoms with Gasteiger partial charge in [0.15, 0.2) is 4.80 Å². The second-order valence-electron chi connectivity index (χ2n) is 7.90. The highest BCUT2D eigenvalue weighted by atomic mass is 32.1. The van der Waals surface area contributed by atoms with Crippen molar-refractivity contribution in [1.29, 1.82) is 0 Å². The molecule has 1 aliphatic rings. The Bertz CT molecular complexity index is 910. The Kier molecular flexibility index (Phi) is 4.88. The maximum Gasteiger partial charge on any atom is 0.335 e. The molecule has 138 valence electrons. The molecule has 1 aliphatic carbocycles. The van der Waals surface area contributed by atoms with Gasteiger partial charge >= 0.3 is 5.97 Å². The summed E-state index contributed by atoms with van der Waals surface area (Å²) < 4.78 is 2.17. The number of carboxylic acid groups (broad SMARTS) is 1. The fraction of sp³-hybridized carbons (Fsp3) is 0.450. The van der Waals surface area contributed by atoms with E-state index in [0.717, 1.165) is 11.3 Å². The van der Waals surface area contributed by atoms with E-state index in [0.29, 0.717) is 11.5 Å². The first-order valence-corrected chi connectivity index (χ1v) is 9.61. The fourth-order valence-electron chi connectivity index (χ4n) is 2.95. The summed E-state index contributed by atoms with van der Waals surface area (Å²) in [5.41, 5.74) is 1.74. The summed E-state index contributed by atoms with van der Waals surface area (Å²) in [6.45, 7) is 9.52. The van der Waals surface area contributed by atoms with Gasteiger partial charge in [0.25, 0.3) is 5.91 Å². The smallest absolute Gasteiger partial charge is 0.335 e. The largest absolute Gasteiger partial charge is 0.478 e. The SMILES string of the molecule is Cc1c(C(C)(C)C)s/c(=N\C(=O)c2ccc(C(=O)O)cc2)n1CC1CC1. The predicted molar refractivity (Wildman–Crippen MR) is 102 cm³/mol. The average molecular weight is 372 g/mol. The van der Waals surface area contributed by atoms with Crippen LogP contribution in [0.2, 0.25) is 0 Å². The van der Waals surface area contributed by atoms with Crippen molar-refractivity contribution < 1.29 is 14.7 Å². The Labute approximate surface area is 157 Å². The number of aromatic nitrogens is 1. The second kappa shape index (κ2) is 6.83. The van der Waals surface area contributed by atoms with Crippen LogP contribution < -0.4 is 4.80 Å². The molecule has 5 nitrogen and oxygen atoms in total. The molecule has 0 radical (unpaired) electrons. The van der Waals surface area contributed by atoms with Crippen LogP contribution in [0.3, 0.4) is 0 Å². The first-order chi connectivity index (χ1) is 12.2. The molecule has 0 aliphatic heterocycles. The Morgan fingerprint density at radius 2 is 1.77 bits per heavy atom. The number of hydrogen-bond donors (Lipinski definition) is 1. The molecule has 0 bridgehead atoms. The summed E-state index contributed by atoms with van der Waals surface area (Å²) in [6, 6.07) is 5.91. The number of carboxylic acids is 1. The van der Waals surface area contributed by atoms with Gasteiger partial charge in [-0.05, 0) is 55.4 Å². The van der Waals surface area contributed by atoms with Crippen molar-refractivity contribution in [2.24, 2.45) is 10.9 Å². The van der Waals surface area contributed by atoms with Gasteiger partial charge in [-0.1, -0.05) is 20.8 Å². The van der Waals surface area contributed by atoms with E-state index < -0.39 is 5.97 Å². The zero-order chi connectivity index (χ0) is 19.1. The lowest BCUT2D eigenvalue weighted by Crippen LogP contribution is -2.19. The van der Waals surface area contributed by atoms with E-state index >= 15 is 0 Å². The number of carbonyl (C=O) groups excluding carboxylic acids is 1. The van der Waals surface area contributed by atoms with Crippen molar-refractivity contribution in [2.75, 3.05) is 0 Å². The quantitative estimate of drug-likeness (QED) is 0.881. The molecule has 3 rings (SSSR count). The van der Waals surface area contributed by atoms with Crippen molar-refractivity contribution in [2.45, 2.75) is 52.5 Å². The van der Waals surface area contributed by atoms with Gasteiger partial charge in [0.2, 0.25) is 0 Å². The molecule has 1 fully saturated rings. The first kappa shape index (κ1) is 18.6. The van der Waals surface area contributed by atoms with Gasteiger partial charge in [0.05, 0.1) is 5.56 Å². The molecule has 1 saturated carbocycles. The number of benzene rings is 1. The lowest BCUT2D eigenvalue weighted by molar-refractivity contribution is 0.0696. The summed E-state index contributed by atoms with van der Waals surface area (Å²) in [4.78, 5) is 29.9. The summed E-state index contributed by atoms with van der Waals surface area (Å²) in [7, 11) is 0. The van der Waals surface area contributed by atoms with Crippen LogP contribution in [0.15, 0.2) is 29.3 Å². The third-order valence-corrected chi connectivity index (χ3v) is 6.16. The normalized spacial score (nSPS) is 15.3. The summed E-state index contributed by atoms with van der Waals surface area (Å²) >= 11 is 1.58. The van der Waals surface area contributed by atoms with E-state index in [1.165, 1.54) is 47.7 Å². The van der Waals surface area contributed by atoms with Crippen molar-refractivity contribution in [3.8, 4) is 0 Å². The summed E-state index contributed by atoms with van der Waals surface area (Å²) in [5, 5.41) is 8.98. The van der Waals surface area contributed by atoms with Crippen LogP contribution in [0.5, 0.6) is 0 Å². The minimum Gasteiger partial charge on any atom is -0.478 e. The van der Waals surface area contributed by atoms with Crippen LogP contribution in [0.1, 0.15) is 64.9 Å². The molecular formula is C20H24N2O3S. The predicted octanol–water partition coefficient (Wildman–Crippen LogP) is 4.00. The third kappa shape index (κ3) is 3.96. The molecule has 2 aromatic rings. The van der Waals surface area contributed by atoms with Crippen molar-refractivity contribution in [3.63, 3.8) is 0 Å². The number of nitrogens with zero attached hydrogens (tertiary/aromatic N) is 2. The number of carbonyl (C=O) groups is 2. The maximum absolute atomic E-state index is 12.6. The van der Waals surface area contributed by atoms with Gasteiger partial charge in [-0.25, -0.2) is 4.79 Å². The van der Waals surface area contributed by atoms with E-state index in [4.69, 9.17) is 5.11 Å². The van der Waals surface area contributed by atoms with Crippen molar-refractivity contribution >= 4 is 23.2 Å². The number of thiazole rings is 1. The second-order valence-corrected chi connectivity index (χ2v) is 8.88. The lowest BCUT2D eigenvalue weighted by Gasteiger charge is -2.17. The monoisotopic (exact) mass is 372 g/mol. The average Bonchev–Trinajstić information content (AvgIpc) is 3.33. The number of aromatic carboxylic acids is 1. The minimum atomic E-state index is -1.01. The Morgan fingerprint density at radius 3 is 2.27 bits per heavy atom. The highest BCUT2D eigenvalue weighted by Crippen LogP contribution is 2.33. The maximum atomic E-state index is 12.6. The van der Waals surface area contributed by atoms with Crippen LogP contribution in [0.25, 0.3) is 0 Å². The molecule has 26 heavy (non-hydrogen) atoms. The number of hydrogen-bond acceptors (Lipinski definition) is 3. The molecular weight excluding hydrogens is 348 g/mol. The van der Waals surface area contributed by atoms with Crippen LogP contribution in [0.4, 0.5) is 0 Å². The molecule has 1 amide bonds. The number of amides is 1. The molecule has 0 unspecified atom stereocenters. The van der Waals surface area contributed by atoms with E-state index in [1.54, 1.807) is 11.3 Å². The zero-order valence-corrected chi connectivity index (χ0v) is 16.4. The summed E-state index contributed by atoms with van der Waals surface area (Å²) in [5.74, 6) is -0.667. The lowest BCUT2D eigenvalue weighted by atomic mass is 9.93. The number of rotatable bonds is 4. The molecule has 1 aromatic heterocycles. The molecule has 1 N–H and O–H groups in total. The van der Waals surface area contributed by atoms with Crippen LogP contribution in [-0.2, 0) is 12.0 Å². The highest BCUT2D eigenvalue weighted by molar-refractivity contribution is 7.09. The fourth-order valence-corrected chi connectivity index (χ4v) is 4.14. The van der Waals surface area contributed by atoms with E-state index in [2.05, 4.69) is 37.3 Å². The van der Waals surface area contributed by atoms with Crippen LogP contribution in [-0.4, -0.2) is 21.6 Å². The molecule has 1 aromatic carbocycles. The Morgan fingerprint density at radius 1 is 1.19 bits per heavy atom. The van der Waals surface area contributed by atoms with Crippen molar-refractivity contribution in [3.05, 3.63) is 50.8 Å². The zero-order valence-electron chi connectivity index (χ0n) is 15.6. The van der Waals surface area contributed by atoms with Gasteiger partial charge in [-0.2, -0.15) is 4.99 Å². The molecule has 1 heterocycles. The first-order valence-electron chi connectivity index (χ1n) is 8.80. The Hall–Kier alpha value is -2.21. The highest BCUT2D eigenvalue weighted by Gasteiger charge is 2.27. The molecule has 0 saturated heterocycles. The van der Waals surface area contributed by atoms with E-state index in [-0.39, 0.29) is 16.9 Å². The van der Waals surface area contributed by atoms with Gasteiger partial charge < -0.3 is 9.67 Å². The van der Waals surface area contributed by atoms with Crippen LogP contribution in [0, 0.1) is 12.8 Å².